The second-order valence-corrected chi connectivity index (χ2v) is 19.7. The van der Waals surface area contributed by atoms with Crippen LogP contribution in [-0.4, -0.2) is 36.4 Å². The summed E-state index contributed by atoms with van der Waals surface area (Å²) in [6.45, 7) is 4.20. The van der Waals surface area contributed by atoms with E-state index >= 15 is 0 Å². The van der Waals surface area contributed by atoms with Crippen LogP contribution >= 0.6 is 0 Å². The number of unbranched alkanes of at least 4 members (excludes halogenated alkanes) is 44. The fourth-order valence-corrected chi connectivity index (χ4v) is 8.97. The van der Waals surface area contributed by atoms with Gasteiger partial charge in [-0.05, 0) is 38.5 Å². The van der Waals surface area contributed by atoms with Gasteiger partial charge in [-0.2, -0.15) is 0 Å². The molecule has 63 heavy (non-hydrogen) atoms. The summed E-state index contributed by atoms with van der Waals surface area (Å²) in [5, 5.41) is 9.65. The molecule has 0 fully saturated rings. The Hall–Kier alpha value is -1.36. The monoisotopic (exact) mass is 889 g/mol. The number of ether oxygens (including phenoxy) is 2. The van der Waals surface area contributed by atoms with E-state index in [2.05, 4.69) is 26.0 Å². The lowest BCUT2D eigenvalue weighted by atomic mass is 10.0. The molecule has 0 aromatic carbocycles. The highest BCUT2D eigenvalue weighted by Gasteiger charge is 2.16. The topological polar surface area (TPSA) is 72.8 Å². The first-order valence-corrected chi connectivity index (χ1v) is 28.7. The highest BCUT2D eigenvalue weighted by atomic mass is 16.6. The van der Waals surface area contributed by atoms with Gasteiger partial charge in [0.05, 0.1) is 6.61 Å². The summed E-state index contributed by atoms with van der Waals surface area (Å²) in [6, 6.07) is 0. The highest BCUT2D eigenvalue weighted by molar-refractivity contribution is 5.70. The van der Waals surface area contributed by atoms with Crippen molar-refractivity contribution >= 4 is 11.9 Å². The Balaban J connectivity index is 3.41. The molecule has 0 bridgehead atoms. The van der Waals surface area contributed by atoms with Crippen LogP contribution in [0.25, 0.3) is 0 Å². The van der Waals surface area contributed by atoms with E-state index < -0.39 is 6.10 Å². The van der Waals surface area contributed by atoms with Crippen LogP contribution in [0.15, 0.2) is 12.2 Å². The summed E-state index contributed by atoms with van der Waals surface area (Å²) in [6.07, 6.45) is 67.6. The molecule has 1 atom stereocenters. The van der Waals surface area contributed by atoms with Crippen molar-refractivity contribution in [3.63, 3.8) is 0 Å². The maximum absolute atomic E-state index is 12.3. The van der Waals surface area contributed by atoms with E-state index in [4.69, 9.17) is 9.47 Å². The lowest BCUT2D eigenvalue weighted by Crippen LogP contribution is -2.28. The standard InChI is InChI=1S/C58H112O5/c1-3-5-7-9-11-13-15-17-19-21-23-25-27-28-29-30-31-33-35-37-39-41-43-45-47-49-51-53-58(61)63-56(54-59)55-62-57(60)52-50-48-46-44-42-40-38-36-34-32-26-24-22-20-18-16-14-12-10-8-6-4-2/h21,23,56,59H,3-20,22,24-55H2,1-2H3/b23-21-. The van der Waals surface area contributed by atoms with Crippen molar-refractivity contribution in [2.75, 3.05) is 13.2 Å². The van der Waals surface area contributed by atoms with Crippen LogP contribution in [0, 0.1) is 0 Å². The Labute approximate surface area is 394 Å². The zero-order valence-electron chi connectivity index (χ0n) is 42.9. The van der Waals surface area contributed by atoms with Gasteiger partial charge in [0.1, 0.15) is 6.61 Å². The number of allylic oxidation sites excluding steroid dienone is 2. The molecule has 5 nitrogen and oxygen atoms in total. The normalized spacial score (nSPS) is 12.1. The van der Waals surface area contributed by atoms with Crippen molar-refractivity contribution in [1.82, 2.24) is 0 Å². The van der Waals surface area contributed by atoms with E-state index in [0.717, 1.165) is 32.1 Å². The van der Waals surface area contributed by atoms with Gasteiger partial charge in [0.15, 0.2) is 6.10 Å². The van der Waals surface area contributed by atoms with Crippen molar-refractivity contribution in [3.05, 3.63) is 12.2 Å². The van der Waals surface area contributed by atoms with Gasteiger partial charge in [-0.1, -0.05) is 289 Å². The third kappa shape index (κ3) is 53.1. The van der Waals surface area contributed by atoms with Gasteiger partial charge in [0, 0.05) is 12.8 Å². The van der Waals surface area contributed by atoms with Crippen molar-refractivity contribution in [2.24, 2.45) is 0 Å². The van der Waals surface area contributed by atoms with E-state index in [1.807, 2.05) is 0 Å². The second-order valence-electron chi connectivity index (χ2n) is 19.7. The molecule has 0 saturated carbocycles. The molecule has 5 heteroatoms. The molecule has 0 amide bonds. The third-order valence-corrected chi connectivity index (χ3v) is 13.3. The van der Waals surface area contributed by atoms with E-state index in [0.29, 0.717) is 12.8 Å². The molecule has 0 saturated heterocycles. The van der Waals surface area contributed by atoms with Crippen LogP contribution in [0.3, 0.4) is 0 Å². The molecule has 0 radical (unpaired) electrons. The van der Waals surface area contributed by atoms with Crippen LogP contribution in [0.2, 0.25) is 0 Å². The molecule has 0 aliphatic rings. The van der Waals surface area contributed by atoms with Gasteiger partial charge in [-0.3, -0.25) is 9.59 Å². The number of hydrogen-bond donors (Lipinski definition) is 1. The molecule has 0 heterocycles. The molecule has 0 aliphatic heterocycles. The summed E-state index contributed by atoms with van der Waals surface area (Å²) in [5.74, 6) is -0.567. The zero-order valence-corrected chi connectivity index (χ0v) is 42.9. The van der Waals surface area contributed by atoms with Gasteiger partial charge in [0.2, 0.25) is 0 Å². The number of hydrogen-bond acceptors (Lipinski definition) is 5. The zero-order chi connectivity index (χ0) is 45.6. The Morgan fingerprint density at radius 1 is 0.349 bits per heavy atom. The fraction of sp³-hybridized carbons (Fsp3) is 0.931. The van der Waals surface area contributed by atoms with Crippen molar-refractivity contribution < 1.29 is 24.2 Å². The molecule has 1 N–H and O–H groups in total. The average molecular weight is 890 g/mol. The summed E-state index contributed by atoms with van der Waals surface area (Å²) in [4.78, 5) is 24.5. The van der Waals surface area contributed by atoms with Gasteiger partial charge >= 0.3 is 11.9 Å². The Kier molecular flexibility index (Phi) is 53.8. The Morgan fingerprint density at radius 2 is 0.587 bits per heavy atom. The fourth-order valence-electron chi connectivity index (χ4n) is 8.97. The third-order valence-electron chi connectivity index (χ3n) is 13.3. The number of rotatable bonds is 54. The molecule has 0 aliphatic carbocycles. The predicted octanol–water partition coefficient (Wildman–Crippen LogP) is 19.1. The molecule has 0 aromatic rings. The first kappa shape index (κ1) is 61.6. The molecule has 0 rings (SSSR count). The lowest BCUT2D eigenvalue weighted by molar-refractivity contribution is -0.161. The van der Waals surface area contributed by atoms with Crippen molar-refractivity contribution in [3.8, 4) is 0 Å². The number of carbonyl (C=O) groups is 2. The summed E-state index contributed by atoms with van der Waals surface area (Å²) in [5.41, 5.74) is 0. The molecular formula is C58H112O5. The van der Waals surface area contributed by atoms with E-state index in [1.54, 1.807) is 0 Å². The van der Waals surface area contributed by atoms with E-state index in [9.17, 15) is 14.7 Å². The minimum atomic E-state index is -0.766. The Morgan fingerprint density at radius 3 is 0.857 bits per heavy atom. The maximum Gasteiger partial charge on any atom is 0.306 e. The van der Waals surface area contributed by atoms with Gasteiger partial charge in [0.25, 0.3) is 0 Å². The first-order valence-electron chi connectivity index (χ1n) is 28.7. The van der Waals surface area contributed by atoms with E-state index in [-0.39, 0.29) is 25.2 Å². The minimum Gasteiger partial charge on any atom is -0.462 e. The largest absolute Gasteiger partial charge is 0.462 e. The maximum atomic E-state index is 12.3. The smallest absolute Gasteiger partial charge is 0.306 e. The SMILES string of the molecule is CCCCCCCCCC/C=C\CCCCCCCCCCCCCCCCCC(=O)OC(CO)COC(=O)CCCCCCCCCCCCCCCCCCCCCCCC. The first-order chi connectivity index (χ1) is 31.1. The van der Waals surface area contributed by atoms with Crippen LogP contribution in [0.5, 0.6) is 0 Å². The molecule has 0 aromatic heterocycles. The lowest BCUT2D eigenvalue weighted by Gasteiger charge is -2.15. The minimum absolute atomic E-state index is 0.0576. The van der Waals surface area contributed by atoms with Crippen LogP contribution < -0.4 is 0 Å². The molecule has 0 spiro atoms. The average Bonchev–Trinajstić information content (AvgIpc) is 3.29. The Bertz CT molecular complexity index is 917. The molecule has 1 unspecified atom stereocenters. The van der Waals surface area contributed by atoms with Gasteiger partial charge in [-0.25, -0.2) is 0 Å². The van der Waals surface area contributed by atoms with Gasteiger partial charge < -0.3 is 14.6 Å². The van der Waals surface area contributed by atoms with Crippen molar-refractivity contribution in [2.45, 2.75) is 335 Å². The summed E-state index contributed by atoms with van der Waals surface area (Å²) >= 11 is 0. The van der Waals surface area contributed by atoms with Crippen LogP contribution in [0.4, 0.5) is 0 Å². The summed E-state index contributed by atoms with van der Waals surface area (Å²) in [7, 11) is 0. The number of aliphatic hydroxyl groups excluding tert-OH is 1. The quantitative estimate of drug-likeness (QED) is 0.0374. The highest BCUT2D eigenvalue weighted by Crippen LogP contribution is 2.18. The van der Waals surface area contributed by atoms with Gasteiger partial charge in [-0.15, -0.1) is 0 Å². The van der Waals surface area contributed by atoms with Crippen LogP contribution in [-0.2, 0) is 19.1 Å². The number of carbonyl (C=O) groups excluding carboxylic acids is 2. The van der Waals surface area contributed by atoms with E-state index in [1.165, 1.54) is 270 Å². The van der Waals surface area contributed by atoms with Crippen LogP contribution in [0.1, 0.15) is 328 Å². The predicted molar refractivity (Wildman–Crippen MR) is 275 cm³/mol. The second kappa shape index (κ2) is 55.0. The number of esters is 2. The summed E-state index contributed by atoms with van der Waals surface area (Å²) < 4.78 is 10.7. The van der Waals surface area contributed by atoms with Crippen molar-refractivity contribution in [1.29, 1.82) is 0 Å². The number of aliphatic hydroxyl groups is 1. The molecular weight excluding hydrogens is 777 g/mol. The molecule has 374 valence electrons.